The Morgan fingerprint density at radius 3 is 3.08 bits per heavy atom. The molecule has 8 heteroatoms. The van der Waals surface area contributed by atoms with E-state index in [2.05, 4.69) is 9.97 Å². The minimum absolute atomic E-state index is 0.148. The SMILES string of the molecule is CCOC(=O)C(=O)N1CCCC1c1nc(CCOc2cccnc2)cs1. The first-order valence-corrected chi connectivity index (χ1v) is 9.52. The van der Waals surface area contributed by atoms with E-state index in [9.17, 15) is 9.59 Å². The molecule has 3 heterocycles. The van der Waals surface area contributed by atoms with E-state index in [1.165, 1.54) is 11.3 Å². The number of aromatic nitrogens is 2. The van der Waals surface area contributed by atoms with Crippen molar-refractivity contribution in [3.63, 3.8) is 0 Å². The van der Waals surface area contributed by atoms with Gasteiger partial charge < -0.3 is 14.4 Å². The van der Waals surface area contributed by atoms with Crippen molar-refractivity contribution in [3.05, 3.63) is 40.6 Å². The van der Waals surface area contributed by atoms with E-state index in [1.807, 2.05) is 17.5 Å². The average Bonchev–Trinajstić information content (AvgIpc) is 3.31. The van der Waals surface area contributed by atoms with Gasteiger partial charge in [-0.3, -0.25) is 9.78 Å². The zero-order valence-corrected chi connectivity index (χ0v) is 15.4. The molecule has 1 amide bonds. The maximum Gasteiger partial charge on any atom is 0.397 e. The first-order valence-electron chi connectivity index (χ1n) is 8.64. The Labute approximate surface area is 156 Å². The molecule has 138 valence electrons. The summed E-state index contributed by atoms with van der Waals surface area (Å²) in [5.74, 6) is -0.642. The van der Waals surface area contributed by atoms with Gasteiger partial charge in [0.2, 0.25) is 0 Å². The van der Waals surface area contributed by atoms with Gasteiger partial charge in [0.25, 0.3) is 0 Å². The number of hydrogen-bond donors (Lipinski definition) is 0. The lowest BCUT2D eigenvalue weighted by molar-refractivity contribution is -0.160. The van der Waals surface area contributed by atoms with Crippen LogP contribution >= 0.6 is 11.3 Å². The van der Waals surface area contributed by atoms with E-state index in [4.69, 9.17) is 9.47 Å². The van der Waals surface area contributed by atoms with Gasteiger partial charge in [-0.15, -0.1) is 11.3 Å². The summed E-state index contributed by atoms with van der Waals surface area (Å²) in [6, 6.07) is 3.53. The molecule has 1 fully saturated rings. The van der Waals surface area contributed by atoms with Crippen LogP contribution in [0.4, 0.5) is 0 Å². The lowest BCUT2D eigenvalue weighted by atomic mass is 10.2. The Balaban J connectivity index is 1.57. The van der Waals surface area contributed by atoms with Gasteiger partial charge in [0, 0.05) is 24.5 Å². The topological polar surface area (TPSA) is 81.6 Å². The van der Waals surface area contributed by atoms with Gasteiger partial charge in [0.1, 0.15) is 10.8 Å². The monoisotopic (exact) mass is 375 g/mol. The Hall–Kier alpha value is -2.48. The molecule has 1 unspecified atom stereocenters. The number of pyridine rings is 1. The lowest BCUT2D eigenvalue weighted by Crippen LogP contribution is -2.37. The van der Waals surface area contributed by atoms with Crippen molar-refractivity contribution < 1.29 is 19.1 Å². The third kappa shape index (κ3) is 4.37. The third-order valence-corrected chi connectivity index (χ3v) is 5.07. The quantitative estimate of drug-likeness (QED) is 0.570. The highest BCUT2D eigenvalue weighted by Crippen LogP contribution is 2.34. The molecule has 3 rings (SSSR count). The molecule has 26 heavy (non-hydrogen) atoms. The number of carbonyl (C=O) groups is 2. The van der Waals surface area contributed by atoms with Gasteiger partial charge in [-0.05, 0) is 31.9 Å². The minimum Gasteiger partial charge on any atom is -0.492 e. The molecule has 1 aliphatic rings. The number of nitrogens with zero attached hydrogens (tertiary/aromatic N) is 3. The van der Waals surface area contributed by atoms with Crippen LogP contribution in [-0.2, 0) is 20.7 Å². The molecule has 0 N–H and O–H groups in total. The number of thiazole rings is 1. The van der Waals surface area contributed by atoms with Crippen molar-refractivity contribution in [2.45, 2.75) is 32.2 Å². The molecule has 7 nitrogen and oxygen atoms in total. The maximum atomic E-state index is 12.3. The van der Waals surface area contributed by atoms with Gasteiger partial charge in [-0.1, -0.05) is 0 Å². The summed E-state index contributed by atoms with van der Waals surface area (Å²) in [6.07, 6.45) is 5.71. The normalized spacial score (nSPS) is 16.5. The van der Waals surface area contributed by atoms with E-state index in [1.54, 1.807) is 24.2 Å². The molecule has 1 atom stereocenters. The summed E-state index contributed by atoms with van der Waals surface area (Å²) in [4.78, 5) is 34.2. The molecular formula is C18H21N3O4S. The molecule has 0 aliphatic carbocycles. The van der Waals surface area contributed by atoms with Crippen LogP contribution < -0.4 is 4.74 Å². The van der Waals surface area contributed by atoms with Gasteiger partial charge in [-0.25, -0.2) is 9.78 Å². The lowest BCUT2D eigenvalue weighted by Gasteiger charge is -2.21. The van der Waals surface area contributed by atoms with Crippen molar-refractivity contribution >= 4 is 23.2 Å². The van der Waals surface area contributed by atoms with Gasteiger partial charge in [-0.2, -0.15) is 0 Å². The number of carbonyl (C=O) groups excluding carboxylic acids is 2. The van der Waals surface area contributed by atoms with Crippen LogP contribution in [0, 0.1) is 0 Å². The number of esters is 1. The number of rotatable bonds is 6. The number of likely N-dealkylation sites (tertiary alicyclic amines) is 1. The molecular weight excluding hydrogens is 354 g/mol. The fraction of sp³-hybridized carbons (Fsp3) is 0.444. The molecule has 2 aromatic heterocycles. The van der Waals surface area contributed by atoms with Crippen LogP contribution in [0.1, 0.15) is 36.5 Å². The Morgan fingerprint density at radius 1 is 1.42 bits per heavy atom. The standard InChI is InChI=1S/C18H21N3O4S/c1-2-24-18(23)17(22)21-9-4-6-15(21)16-20-13(12-26-16)7-10-25-14-5-3-8-19-11-14/h3,5,8,11-12,15H,2,4,6-7,9-10H2,1H3. The highest BCUT2D eigenvalue weighted by atomic mass is 32.1. The summed E-state index contributed by atoms with van der Waals surface area (Å²) >= 11 is 1.51. The van der Waals surface area contributed by atoms with Crippen molar-refractivity contribution in [2.75, 3.05) is 19.8 Å². The zero-order chi connectivity index (χ0) is 18.4. The molecule has 1 saturated heterocycles. The van der Waals surface area contributed by atoms with Crippen molar-refractivity contribution in [1.29, 1.82) is 0 Å². The molecule has 2 aromatic rings. The van der Waals surface area contributed by atoms with Gasteiger partial charge in [0.15, 0.2) is 0 Å². The predicted octanol–water partition coefficient (Wildman–Crippen LogP) is 2.39. The maximum absolute atomic E-state index is 12.3. The number of ether oxygens (including phenoxy) is 2. The second-order valence-electron chi connectivity index (χ2n) is 5.84. The summed E-state index contributed by atoms with van der Waals surface area (Å²) < 4.78 is 10.5. The van der Waals surface area contributed by atoms with Crippen molar-refractivity contribution in [2.24, 2.45) is 0 Å². The molecule has 0 radical (unpaired) electrons. The second-order valence-corrected chi connectivity index (χ2v) is 6.73. The van der Waals surface area contributed by atoms with E-state index in [0.29, 0.717) is 19.6 Å². The molecule has 0 bridgehead atoms. The van der Waals surface area contributed by atoms with E-state index in [-0.39, 0.29) is 12.6 Å². The average molecular weight is 375 g/mol. The Bertz CT molecular complexity index is 750. The Kier molecular flexibility index (Phi) is 6.17. The van der Waals surface area contributed by atoms with E-state index < -0.39 is 11.9 Å². The summed E-state index contributed by atoms with van der Waals surface area (Å²) in [7, 11) is 0. The second kappa shape index (κ2) is 8.75. The smallest absolute Gasteiger partial charge is 0.397 e. The van der Waals surface area contributed by atoms with Crippen LogP contribution in [0.5, 0.6) is 5.75 Å². The molecule has 0 saturated carbocycles. The van der Waals surface area contributed by atoms with Crippen molar-refractivity contribution in [3.8, 4) is 5.75 Å². The highest BCUT2D eigenvalue weighted by molar-refractivity contribution is 7.09. The zero-order valence-electron chi connectivity index (χ0n) is 14.6. The minimum atomic E-state index is -0.791. The Morgan fingerprint density at radius 2 is 2.31 bits per heavy atom. The number of hydrogen-bond acceptors (Lipinski definition) is 7. The van der Waals surface area contributed by atoms with E-state index >= 15 is 0 Å². The number of amides is 1. The third-order valence-electron chi connectivity index (χ3n) is 4.08. The fourth-order valence-electron chi connectivity index (χ4n) is 2.87. The van der Waals surface area contributed by atoms with Crippen LogP contribution in [0.3, 0.4) is 0 Å². The molecule has 0 spiro atoms. The van der Waals surface area contributed by atoms with E-state index in [0.717, 1.165) is 29.3 Å². The first-order chi connectivity index (χ1) is 12.7. The predicted molar refractivity (Wildman–Crippen MR) is 95.9 cm³/mol. The fourth-order valence-corrected chi connectivity index (χ4v) is 3.87. The largest absolute Gasteiger partial charge is 0.492 e. The van der Waals surface area contributed by atoms with Gasteiger partial charge >= 0.3 is 11.9 Å². The van der Waals surface area contributed by atoms with Crippen LogP contribution in [0.25, 0.3) is 0 Å². The summed E-state index contributed by atoms with van der Waals surface area (Å²) in [5, 5.41) is 2.84. The van der Waals surface area contributed by atoms with Crippen LogP contribution in [0.2, 0.25) is 0 Å². The van der Waals surface area contributed by atoms with Crippen LogP contribution in [-0.4, -0.2) is 46.5 Å². The first kappa shape index (κ1) is 18.3. The van der Waals surface area contributed by atoms with Crippen LogP contribution in [0.15, 0.2) is 29.9 Å². The van der Waals surface area contributed by atoms with Crippen molar-refractivity contribution in [1.82, 2.24) is 14.9 Å². The summed E-state index contributed by atoms with van der Waals surface area (Å²) in [5.41, 5.74) is 0.921. The molecule has 0 aromatic carbocycles. The highest BCUT2D eigenvalue weighted by Gasteiger charge is 2.35. The molecule has 1 aliphatic heterocycles. The summed E-state index contributed by atoms with van der Waals surface area (Å²) in [6.45, 7) is 2.95. The van der Waals surface area contributed by atoms with Gasteiger partial charge in [0.05, 0.1) is 31.1 Å².